The molecule has 0 saturated heterocycles. The summed E-state index contributed by atoms with van der Waals surface area (Å²) in [6.07, 6.45) is 2.42. The molecule has 0 atom stereocenters. The van der Waals surface area contributed by atoms with E-state index in [1.807, 2.05) is 24.3 Å². The summed E-state index contributed by atoms with van der Waals surface area (Å²) < 4.78 is 76.2. The number of rotatable bonds is 7. The summed E-state index contributed by atoms with van der Waals surface area (Å²) in [5, 5.41) is 0. The van der Waals surface area contributed by atoms with Crippen molar-refractivity contribution in [3.05, 3.63) is 77.4 Å². The minimum atomic E-state index is -4.83. The average Bonchev–Trinajstić information content (AvgIpc) is 2.85. The van der Waals surface area contributed by atoms with Crippen LogP contribution in [0.1, 0.15) is 62.5 Å². The summed E-state index contributed by atoms with van der Waals surface area (Å²) in [7, 11) is 0. The fraction of sp³-hybridized carbons (Fsp3) is 0.379. The maximum absolute atomic E-state index is 15.0. The maximum Gasteiger partial charge on any atom is 0.573 e. The number of aryl methyl sites for hydroxylation is 1. The molecule has 4 rings (SSSR count). The Bertz CT molecular complexity index is 1160. The van der Waals surface area contributed by atoms with Gasteiger partial charge in [0, 0.05) is 5.56 Å². The Labute approximate surface area is 208 Å². The second-order valence-corrected chi connectivity index (χ2v) is 9.45. The van der Waals surface area contributed by atoms with Gasteiger partial charge in [0.25, 0.3) is 0 Å². The molecule has 1 aliphatic carbocycles. The SMILES string of the molecule is CCCC1CCC(c2ccc(-c3cc(C)c(F)c(F)c3Oc3ccc(OC(F)(F)F)cc3)cc2)CC1. The van der Waals surface area contributed by atoms with Crippen LogP contribution >= 0.6 is 0 Å². The molecule has 2 nitrogen and oxygen atoms in total. The van der Waals surface area contributed by atoms with E-state index in [0.29, 0.717) is 17.0 Å². The van der Waals surface area contributed by atoms with Crippen LogP contribution in [-0.2, 0) is 0 Å². The molecule has 0 heterocycles. The van der Waals surface area contributed by atoms with Crippen molar-refractivity contribution in [2.45, 2.75) is 64.7 Å². The molecule has 1 aliphatic rings. The standard InChI is InChI=1S/C29H29F5O2/c1-3-4-19-5-7-20(8-6-19)21-9-11-22(12-10-21)25-17-18(2)26(30)27(31)28(25)35-23-13-15-24(16-14-23)36-29(32,33)34/h9-17,19-20H,3-8H2,1-2H3. The lowest BCUT2D eigenvalue weighted by Gasteiger charge is -2.28. The van der Waals surface area contributed by atoms with Crippen LogP contribution in [0.4, 0.5) is 22.0 Å². The highest BCUT2D eigenvalue weighted by Gasteiger charge is 2.31. The Morgan fingerprint density at radius 2 is 1.44 bits per heavy atom. The van der Waals surface area contributed by atoms with E-state index in [0.717, 1.165) is 30.9 Å². The topological polar surface area (TPSA) is 18.5 Å². The minimum absolute atomic E-state index is 0.0494. The number of hydrogen-bond donors (Lipinski definition) is 0. The first-order chi connectivity index (χ1) is 17.1. The monoisotopic (exact) mass is 504 g/mol. The van der Waals surface area contributed by atoms with Crippen molar-refractivity contribution < 1.29 is 31.4 Å². The van der Waals surface area contributed by atoms with Gasteiger partial charge >= 0.3 is 6.36 Å². The van der Waals surface area contributed by atoms with Crippen LogP contribution in [-0.4, -0.2) is 6.36 Å². The molecular weight excluding hydrogens is 475 g/mol. The molecule has 0 aromatic heterocycles. The first-order valence-electron chi connectivity index (χ1n) is 12.3. The third-order valence-corrected chi connectivity index (χ3v) is 6.86. The van der Waals surface area contributed by atoms with Crippen LogP contribution in [0.15, 0.2) is 54.6 Å². The van der Waals surface area contributed by atoms with E-state index in [1.165, 1.54) is 56.4 Å². The predicted molar refractivity (Wildman–Crippen MR) is 129 cm³/mol. The largest absolute Gasteiger partial charge is 0.573 e. The molecule has 0 aliphatic heterocycles. The van der Waals surface area contributed by atoms with Crippen molar-refractivity contribution in [3.8, 4) is 28.4 Å². The third-order valence-electron chi connectivity index (χ3n) is 6.86. The van der Waals surface area contributed by atoms with Gasteiger partial charge in [0.1, 0.15) is 11.5 Å². The first kappa shape index (κ1) is 26.0. The molecule has 0 unspecified atom stereocenters. The van der Waals surface area contributed by atoms with E-state index >= 15 is 0 Å². The van der Waals surface area contributed by atoms with Gasteiger partial charge in [0.2, 0.25) is 5.82 Å². The van der Waals surface area contributed by atoms with Gasteiger partial charge in [0.05, 0.1) is 0 Å². The van der Waals surface area contributed by atoms with Crippen molar-refractivity contribution in [3.63, 3.8) is 0 Å². The van der Waals surface area contributed by atoms with Crippen LogP contribution in [0, 0.1) is 24.5 Å². The predicted octanol–water partition coefficient (Wildman–Crippen LogP) is 9.71. The summed E-state index contributed by atoms with van der Waals surface area (Å²) >= 11 is 0. The van der Waals surface area contributed by atoms with Crippen LogP contribution in [0.2, 0.25) is 0 Å². The van der Waals surface area contributed by atoms with Gasteiger partial charge in [-0.15, -0.1) is 13.2 Å². The van der Waals surface area contributed by atoms with Gasteiger partial charge < -0.3 is 9.47 Å². The molecule has 0 spiro atoms. The fourth-order valence-corrected chi connectivity index (χ4v) is 5.01. The van der Waals surface area contributed by atoms with E-state index in [-0.39, 0.29) is 17.1 Å². The molecule has 0 radical (unpaired) electrons. The molecule has 7 heteroatoms. The zero-order valence-electron chi connectivity index (χ0n) is 20.3. The van der Waals surface area contributed by atoms with E-state index in [1.54, 1.807) is 0 Å². The number of benzene rings is 3. The van der Waals surface area contributed by atoms with Gasteiger partial charge in [-0.1, -0.05) is 44.0 Å². The van der Waals surface area contributed by atoms with Gasteiger partial charge in [-0.3, -0.25) is 0 Å². The van der Waals surface area contributed by atoms with Crippen LogP contribution in [0.5, 0.6) is 17.2 Å². The van der Waals surface area contributed by atoms with Crippen molar-refractivity contribution in [2.24, 2.45) is 5.92 Å². The van der Waals surface area contributed by atoms with Gasteiger partial charge in [-0.05, 0) is 91.5 Å². The molecule has 0 bridgehead atoms. The van der Waals surface area contributed by atoms with Gasteiger partial charge in [0.15, 0.2) is 11.6 Å². The lowest BCUT2D eigenvalue weighted by molar-refractivity contribution is -0.274. The van der Waals surface area contributed by atoms with Crippen LogP contribution in [0.25, 0.3) is 11.1 Å². The quantitative estimate of drug-likeness (QED) is 0.298. The maximum atomic E-state index is 15.0. The summed E-state index contributed by atoms with van der Waals surface area (Å²) in [6, 6.07) is 13.9. The fourth-order valence-electron chi connectivity index (χ4n) is 5.01. The minimum Gasteiger partial charge on any atom is -0.454 e. The second-order valence-electron chi connectivity index (χ2n) is 9.45. The molecule has 36 heavy (non-hydrogen) atoms. The molecule has 192 valence electrons. The summed E-state index contributed by atoms with van der Waals surface area (Å²) in [5.41, 5.74) is 2.38. The zero-order valence-corrected chi connectivity index (χ0v) is 20.3. The molecule has 3 aromatic rings. The number of halogens is 5. The zero-order chi connectivity index (χ0) is 25.9. The number of alkyl halides is 3. The molecule has 0 N–H and O–H groups in total. The average molecular weight is 505 g/mol. The van der Waals surface area contributed by atoms with Crippen molar-refractivity contribution in [2.75, 3.05) is 0 Å². The number of hydrogen-bond acceptors (Lipinski definition) is 2. The lowest BCUT2D eigenvalue weighted by atomic mass is 9.77. The lowest BCUT2D eigenvalue weighted by Crippen LogP contribution is -2.16. The summed E-state index contributed by atoms with van der Waals surface area (Å²) in [4.78, 5) is 0. The normalized spacial score (nSPS) is 18.2. The second kappa shape index (κ2) is 10.9. The Kier molecular flexibility index (Phi) is 7.86. The Morgan fingerprint density at radius 3 is 2.03 bits per heavy atom. The first-order valence-corrected chi connectivity index (χ1v) is 12.3. The number of ether oxygens (including phenoxy) is 2. The molecule has 1 saturated carbocycles. The van der Waals surface area contributed by atoms with Crippen molar-refractivity contribution in [1.29, 1.82) is 0 Å². The smallest absolute Gasteiger partial charge is 0.454 e. The van der Waals surface area contributed by atoms with E-state index in [9.17, 15) is 22.0 Å². The van der Waals surface area contributed by atoms with E-state index < -0.39 is 23.7 Å². The Balaban J connectivity index is 1.57. The molecule has 3 aromatic carbocycles. The molecule has 1 fully saturated rings. The molecular formula is C29H29F5O2. The molecule has 0 amide bonds. The summed E-state index contributed by atoms with van der Waals surface area (Å²) in [6.45, 7) is 3.69. The van der Waals surface area contributed by atoms with Crippen LogP contribution in [0.3, 0.4) is 0 Å². The van der Waals surface area contributed by atoms with Gasteiger partial charge in [-0.25, -0.2) is 4.39 Å². The third kappa shape index (κ3) is 6.18. The van der Waals surface area contributed by atoms with Gasteiger partial charge in [-0.2, -0.15) is 4.39 Å². The van der Waals surface area contributed by atoms with Crippen molar-refractivity contribution >= 4 is 0 Å². The Hall–Kier alpha value is -3.09. The van der Waals surface area contributed by atoms with Crippen LogP contribution < -0.4 is 9.47 Å². The highest BCUT2D eigenvalue weighted by Crippen LogP contribution is 2.41. The Morgan fingerprint density at radius 1 is 0.833 bits per heavy atom. The van der Waals surface area contributed by atoms with Crippen molar-refractivity contribution in [1.82, 2.24) is 0 Å². The van der Waals surface area contributed by atoms with E-state index in [4.69, 9.17) is 4.74 Å². The highest BCUT2D eigenvalue weighted by atomic mass is 19.4. The van der Waals surface area contributed by atoms with E-state index in [2.05, 4.69) is 11.7 Å². The summed E-state index contributed by atoms with van der Waals surface area (Å²) in [5.74, 6) is -1.60. The highest BCUT2D eigenvalue weighted by molar-refractivity contribution is 5.72.